The van der Waals surface area contributed by atoms with Crippen LogP contribution in [-0.4, -0.2) is 48.2 Å². The molecule has 2 amide bonds. The first-order valence-electron chi connectivity index (χ1n) is 10.0. The molecule has 0 aliphatic heterocycles. The number of ether oxygens (including phenoxy) is 1. The number of carboxylic acid groups (broad SMARTS) is 1. The van der Waals surface area contributed by atoms with Crippen LogP contribution in [0.5, 0.6) is 0 Å². The lowest BCUT2D eigenvalue weighted by atomic mass is 9.90. The van der Waals surface area contributed by atoms with Crippen LogP contribution in [0.15, 0.2) is 0 Å². The second-order valence-electron chi connectivity index (χ2n) is 7.63. The Bertz CT molecular complexity index is 473. The molecule has 2 unspecified atom stereocenters. The number of amides is 2. The van der Waals surface area contributed by atoms with Gasteiger partial charge in [-0.3, -0.25) is 14.4 Å². The van der Waals surface area contributed by atoms with E-state index in [-0.39, 0.29) is 12.5 Å². The second-order valence-corrected chi connectivity index (χ2v) is 7.63. The summed E-state index contributed by atoms with van der Waals surface area (Å²) in [7, 11) is 0. The average Bonchev–Trinajstić information content (AvgIpc) is 2.64. The van der Waals surface area contributed by atoms with Crippen LogP contribution in [0.2, 0.25) is 0 Å². The maximum atomic E-state index is 12.4. The van der Waals surface area contributed by atoms with E-state index in [0.717, 1.165) is 12.8 Å². The largest absolute Gasteiger partial charge is 0.481 e. The van der Waals surface area contributed by atoms with Crippen molar-refractivity contribution in [2.45, 2.75) is 85.8 Å². The Morgan fingerprint density at radius 2 is 1.70 bits per heavy atom. The Kier molecular flexibility index (Phi) is 11.9. The van der Waals surface area contributed by atoms with Gasteiger partial charge in [-0.15, -0.1) is 0 Å². The predicted octanol–water partition coefficient (Wildman–Crippen LogP) is 2.73. The molecule has 7 heteroatoms. The van der Waals surface area contributed by atoms with E-state index in [0.29, 0.717) is 12.5 Å². The molecule has 0 aromatic rings. The topological polar surface area (TPSA) is 105 Å². The lowest BCUT2D eigenvalue weighted by Gasteiger charge is -2.28. The molecule has 0 heterocycles. The molecule has 0 spiro atoms. The summed E-state index contributed by atoms with van der Waals surface area (Å²) in [6.07, 6.45) is 5.47. The fourth-order valence-corrected chi connectivity index (χ4v) is 2.85. The summed E-state index contributed by atoms with van der Waals surface area (Å²) in [5, 5.41) is 14.4. The lowest BCUT2D eigenvalue weighted by Crippen LogP contribution is -2.54. The van der Waals surface area contributed by atoms with Gasteiger partial charge in [0.15, 0.2) is 0 Å². The fraction of sp³-hybridized carbons (Fsp3) is 0.850. The van der Waals surface area contributed by atoms with Crippen molar-refractivity contribution in [1.82, 2.24) is 10.6 Å². The summed E-state index contributed by atoms with van der Waals surface area (Å²) in [6, 6.07) is -0.842. The van der Waals surface area contributed by atoms with Crippen molar-refractivity contribution in [3.63, 3.8) is 0 Å². The minimum absolute atomic E-state index is 0.0212. The van der Waals surface area contributed by atoms with E-state index in [2.05, 4.69) is 10.6 Å². The van der Waals surface area contributed by atoms with Crippen molar-refractivity contribution in [2.75, 3.05) is 13.2 Å². The zero-order valence-electron chi connectivity index (χ0n) is 17.8. The quantitative estimate of drug-likeness (QED) is 0.565. The van der Waals surface area contributed by atoms with E-state index in [9.17, 15) is 14.4 Å². The Hall–Kier alpha value is -1.63. The van der Waals surface area contributed by atoms with Gasteiger partial charge in [-0.05, 0) is 39.5 Å². The summed E-state index contributed by atoms with van der Waals surface area (Å²) in [6.45, 7) is 10.7. The molecule has 27 heavy (non-hydrogen) atoms. The third-order valence-corrected chi connectivity index (χ3v) is 4.71. The number of aliphatic carboxylic acids is 1. The summed E-state index contributed by atoms with van der Waals surface area (Å²) in [4.78, 5) is 35.0. The Morgan fingerprint density at radius 1 is 1.15 bits per heavy atom. The van der Waals surface area contributed by atoms with Gasteiger partial charge in [0.2, 0.25) is 11.8 Å². The predicted molar refractivity (Wildman–Crippen MR) is 105 cm³/mol. The number of nitrogens with one attached hydrogen (secondary N) is 2. The van der Waals surface area contributed by atoms with Crippen molar-refractivity contribution in [3.05, 3.63) is 0 Å². The zero-order valence-corrected chi connectivity index (χ0v) is 17.8. The maximum Gasteiger partial charge on any atom is 0.310 e. The molecule has 1 rings (SSSR count). The molecule has 7 nitrogen and oxygen atoms in total. The van der Waals surface area contributed by atoms with Crippen LogP contribution >= 0.6 is 0 Å². The van der Waals surface area contributed by atoms with Crippen molar-refractivity contribution >= 4 is 17.8 Å². The van der Waals surface area contributed by atoms with Crippen LogP contribution in [-0.2, 0) is 19.1 Å². The van der Waals surface area contributed by atoms with Gasteiger partial charge >= 0.3 is 5.97 Å². The molecule has 158 valence electrons. The number of rotatable bonds is 9. The molecular formula is C20H38N2O5. The van der Waals surface area contributed by atoms with E-state index >= 15 is 0 Å². The molecule has 1 aliphatic rings. The second kappa shape index (κ2) is 12.7. The van der Waals surface area contributed by atoms with Crippen molar-refractivity contribution in [3.8, 4) is 0 Å². The smallest absolute Gasteiger partial charge is 0.310 e. The molecule has 1 fully saturated rings. The standard InChI is InChI=1S/C18H32N2O5.C2H6/c1-12(25-10-14-8-6-5-7-9-14)15(20-13(2)21)16(22)19-11-18(3,4)17(23)24;1-2/h12,14-15H,5-11H2,1-4H3,(H,19,22)(H,20,21)(H,23,24);1-2H3. The van der Waals surface area contributed by atoms with Gasteiger partial charge in [-0.2, -0.15) is 0 Å². The van der Waals surface area contributed by atoms with E-state index in [1.54, 1.807) is 6.92 Å². The van der Waals surface area contributed by atoms with Gasteiger partial charge < -0.3 is 20.5 Å². The van der Waals surface area contributed by atoms with Crippen molar-refractivity contribution < 1.29 is 24.2 Å². The van der Waals surface area contributed by atoms with Crippen LogP contribution < -0.4 is 10.6 Å². The van der Waals surface area contributed by atoms with E-state index in [1.165, 1.54) is 40.0 Å². The van der Waals surface area contributed by atoms with Gasteiger partial charge in [-0.1, -0.05) is 33.1 Å². The van der Waals surface area contributed by atoms with Gasteiger partial charge in [0.05, 0.1) is 11.5 Å². The van der Waals surface area contributed by atoms with Crippen LogP contribution in [0, 0.1) is 11.3 Å². The van der Waals surface area contributed by atoms with Crippen molar-refractivity contribution in [1.29, 1.82) is 0 Å². The van der Waals surface area contributed by atoms with E-state index in [1.807, 2.05) is 13.8 Å². The van der Waals surface area contributed by atoms with Gasteiger partial charge in [0.1, 0.15) is 6.04 Å². The van der Waals surface area contributed by atoms with Crippen LogP contribution in [0.3, 0.4) is 0 Å². The van der Waals surface area contributed by atoms with Crippen molar-refractivity contribution in [2.24, 2.45) is 11.3 Å². The molecule has 0 saturated heterocycles. The van der Waals surface area contributed by atoms with Gasteiger partial charge in [0, 0.05) is 20.1 Å². The third-order valence-electron chi connectivity index (χ3n) is 4.71. The minimum atomic E-state index is -1.08. The number of carbonyl (C=O) groups excluding carboxylic acids is 2. The molecule has 0 aromatic heterocycles. The molecule has 1 aliphatic carbocycles. The van der Waals surface area contributed by atoms with Crippen LogP contribution in [0.1, 0.15) is 73.6 Å². The van der Waals surface area contributed by atoms with Crippen LogP contribution in [0.25, 0.3) is 0 Å². The molecule has 0 radical (unpaired) electrons. The average molecular weight is 387 g/mol. The first-order chi connectivity index (χ1) is 12.6. The number of carbonyl (C=O) groups is 3. The Balaban J connectivity index is 0.00000326. The van der Waals surface area contributed by atoms with Gasteiger partial charge in [0.25, 0.3) is 0 Å². The summed E-state index contributed by atoms with van der Waals surface area (Å²) in [5.41, 5.74) is -1.08. The molecule has 0 aromatic carbocycles. The highest BCUT2D eigenvalue weighted by molar-refractivity contribution is 5.87. The molecule has 0 bridgehead atoms. The molecule has 3 N–H and O–H groups in total. The van der Waals surface area contributed by atoms with Crippen LogP contribution in [0.4, 0.5) is 0 Å². The minimum Gasteiger partial charge on any atom is -0.481 e. The monoisotopic (exact) mass is 386 g/mol. The summed E-state index contributed by atoms with van der Waals surface area (Å²) in [5.74, 6) is -1.25. The third kappa shape index (κ3) is 9.75. The number of carboxylic acids is 1. The van der Waals surface area contributed by atoms with E-state index < -0.39 is 29.4 Å². The first-order valence-corrected chi connectivity index (χ1v) is 10.0. The normalized spacial score (nSPS) is 17.1. The lowest BCUT2D eigenvalue weighted by molar-refractivity contribution is -0.147. The molecular weight excluding hydrogens is 348 g/mol. The Morgan fingerprint density at radius 3 is 2.19 bits per heavy atom. The number of hydrogen-bond acceptors (Lipinski definition) is 4. The highest BCUT2D eigenvalue weighted by atomic mass is 16.5. The maximum absolute atomic E-state index is 12.4. The van der Waals surface area contributed by atoms with E-state index in [4.69, 9.17) is 9.84 Å². The zero-order chi connectivity index (χ0) is 21.0. The first kappa shape index (κ1) is 25.4. The summed E-state index contributed by atoms with van der Waals surface area (Å²) < 4.78 is 5.85. The number of hydrogen-bond donors (Lipinski definition) is 3. The highest BCUT2D eigenvalue weighted by Gasteiger charge is 2.32. The Labute approximate surface area is 163 Å². The highest BCUT2D eigenvalue weighted by Crippen LogP contribution is 2.24. The molecule has 1 saturated carbocycles. The molecule has 2 atom stereocenters. The fourth-order valence-electron chi connectivity index (χ4n) is 2.85. The summed E-state index contributed by atoms with van der Waals surface area (Å²) >= 11 is 0. The van der Waals surface area contributed by atoms with Gasteiger partial charge in [-0.25, -0.2) is 0 Å². The SMILES string of the molecule is CC.CC(=O)NC(C(=O)NCC(C)(C)C(=O)O)C(C)OCC1CCCCC1.